The normalized spacial score (nSPS) is 13.2. The van der Waals surface area contributed by atoms with Crippen molar-refractivity contribution in [2.24, 2.45) is 0 Å². The Morgan fingerprint density at radius 1 is 1.33 bits per heavy atom. The predicted molar refractivity (Wildman–Crippen MR) is 78.5 cm³/mol. The number of amides is 1. The lowest BCUT2D eigenvalue weighted by Crippen LogP contribution is -2.45. The van der Waals surface area contributed by atoms with Crippen molar-refractivity contribution in [2.45, 2.75) is 39.3 Å². The van der Waals surface area contributed by atoms with Crippen molar-refractivity contribution in [1.29, 1.82) is 0 Å². The van der Waals surface area contributed by atoms with Crippen molar-refractivity contribution in [3.05, 3.63) is 34.3 Å². The van der Waals surface area contributed by atoms with Crippen LogP contribution >= 0.6 is 15.9 Å². The first-order valence-corrected chi connectivity index (χ1v) is 6.88. The van der Waals surface area contributed by atoms with Gasteiger partial charge in [0, 0.05) is 16.1 Å². The smallest absolute Gasteiger partial charge is 0.234 e. The molecule has 18 heavy (non-hydrogen) atoms. The molecule has 0 saturated heterocycles. The Morgan fingerprint density at radius 2 is 1.94 bits per heavy atom. The zero-order valence-corrected chi connectivity index (χ0v) is 13.0. The average Bonchev–Trinajstić information content (AvgIpc) is 2.24. The molecule has 100 valence electrons. The molecule has 0 fully saturated rings. The topological polar surface area (TPSA) is 41.1 Å². The molecule has 0 bridgehead atoms. The highest BCUT2D eigenvalue weighted by Crippen LogP contribution is 2.22. The number of benzene rings is 1. The van der Waals surface area contributed by atoms with Crippen LogP contribution in [0.2, 0.25) is 0 Å². The van der Waals surface area contributed by atoms with Crippen molar-refractivity contribution in [3.63, 3.8) is 0 Å². The highest BCUT2D eigenvalue weighted by Gasteiger charge is 2.15. The molecule has 0 spiro atoms. The van der Waals surface area contributed by atoms with Gasteiger partial charge < -0.3 is 10.6 Å². The Bertz CT molecular complexity index is 413. The lowest BCUT2D eigenvalue weighted by molar-refractivity contribution is -0.121. The molecule has 1 aromatic carbocycles. The lowest BCUT2D eigenvalue weighted by atomic mass is 10.1. The maximum atomic E-state index is 11.7. The highest BCUT2D eigenvalue weighted by molar-refractivity contribution is 9.10. The predicted octanol–water partition coefficient (Wildman–Crippen LogP) is 3.01. The molecule has 2 N–H and O–H groups in total. The van der Waals surface area contributed by atoms with Crippen LogP contribution in [-0.2, 0) is 4.79 Å². The van der Waals surface area contributed by atoms with Gasteiger partial charge in [-0.2, -0.15) is 0 Å². The molecule has 4 heteroatoms. The SMILES string of the molecule is CC(NCC(=O)NC(C)(C)C)c1ccccc1Br. The maximum absolute atomic E-state index is 11.7. The summed E-state index contributed by atoms with van der Waals surface area (Å²) in [7, 11) is 0. The van der Waals surface area contributed by atoms with Crippen LogP contribution in [0.4, 0.5) is 0 Å². The summed E-state index contributed by atoms with van der Waals surface area (Å²) < 4.78 is 1.06. The van der Waals surface area contributed by atoms with Crippen LogP contribution in [0.1, 0.15) is 39.3 Å². The van der Waals surface area contributed by atoms with Gasteiger partial charge in [0.25, 0.3) is 0 Å². The quantitative estimate of drug-likeness (QED) is 0.897. The minimum absolute atomic E-state index is 0.0152. The third-order valence-corrected chi connectivity index (χ3v) is 3.18. The lowest BCUT2D eigenvalue weighted by Gasteiger charge is -2.22. The van der Waals surface area contributed by atoms with Gasteiger partial charge in [-0.1, -0.05) is 34.1 Å². The van der Waals surface area contributed by atoms with Crippen molar-refractivity contribution in [1.82, 2.24) is 10.6 Å². The minimum atomic E-state index is -0.185. The molecule has 1 rings (SSSR count). The first kappa shape index (κ1) is 15.2. The molecular weight excluding hydrogens is 292 g/mol. The second-order valence-corrected chi connectivity index (χ2v) is 6.28. The van der Waals surface area contributed by atoms with E-state index in [4.69, 9.17) is 0 Å². The molecule has 0 aliphatic rings. The van der Waals surface area contributed by atoms with Crippen LogP contribution in [0, 0.1) is 0 Å². The number of carbonyl (C=O) groups is 1. The Balaban J connectivity index is 2.49. The van der Waals surface area contributed by atoms with Crippen LogP contribution in [-0.4, -0.2) is 18.0 Å². The molecule has 1 aromatic rings. The fourth-order valence-corrected chi connectivity index (χ4v) is 2.27. The molecule has 1 unspecified atom stereocenters. The summed E-state index contributed by atoms with van der Waals surface area (Å²) in [6, 6.07) is 8.15. The van der Waals surface area contributed by atoms with Crippen molar-refractivity contribution in [3.8, 4) is 0 Å². The van der Waals surface area contributed by atoms with Crippen LogP contribution < -0.4 is 10.6 Å². The van der Waals surface area contributed by atoms with Crippen LogP contribution in [0.25, 0.3) is 0 Å². The summed E-state index contributed by atoms with van der Waals surface area (Å²) in [5.41, 5.74) is 0.969. The number of carbonyl (C=O) groups excluding carboxylic acids is 1. The highest BCUT2D eigenvalue weighted by atomic mass is 79.9. The van der Waals surface area contributed by atoms with Gasteiger partial charge in [-0.05, 0) is 39.3 Å². The number of hydrogen-bond donors (Lipinski definition) is 2. The monoisotopic (exact) mass is 312 g/mol. The zero-order chi connectivity index (χ0) is 13.8. The van der Waals surface area contributed by atoms with E-state index >= 15 is 0 Å². The van der Waals surface area contributed by atoms with E-state index in [2.05, 4.69) is 26.6 Å². The third kappa shape index (κ3) is 5.19. The van der Waals surface area contributed by atoms with Gasteiger partial charge in [0.1, 0.15) is 0 Å². The molecule has 1 atom stereocenters. The Labute approximate surface area is 117 Å². The number of halogens is 1. The van der Waals surface area contributed by atoms with E-state index in [9.17, 15) is 4.79 Å². The Hall–Kier alpha value is -0.870. The van der Waals surface area contributed by atoms with Gasteiger partial charge in [-0.3, -0.25) is 4.79 Å². The molecule has 0 radical (unpaired) electrons. The van der Waals surface area contributed by atoms with Crippen molar-refractivity contribution in [2.75, 3.05) is 6.54 Å². The van der Waals surface area contributed by atoms with Crippen molar-refractivity contribution < 1.29 is 4.79 Å². The van der Waals surface area contributed by atoms with E-state index in [-0.39, 0.29) is 17.5 Å². The molecule has 0 aliphatic heterocycles. The summed E-state index contributed by atoms with van der Waals surface area (Å²) in [6.07, 6.45) is 0. The number of hydrogen-bond acceptors (Lipinski definition) is 2. The third-order valence-electron chi connectivity index (χ3n) is 2.45. The van der Waals surface area contributed by atoms with Gasteiger partial charge in [0.05, 0.1) is 6.54 Å². The summed E-state index contributed by atoms with van der Waals surface area (Å²) in [5, 5.41) is 6.15. The molecule has 0 aromatic heterocycles. The standard InChI is InChI=1S/C14H21BrN2O/c1-10(11-7-5-6-8-12(11)15)16-9-13(18)17-14(2,3)4/h5-8,10,16H,9H2,1-4H3,(H,17,18). The fourth-order valence-electron chi connectivity index (χ4n) is 1.64. The van der Waals surface area contributed by atoms with Crippen LogP contribution in [0.5, 0.6) is 0 Å². The van der Waals surface area contributed by atoms with E-state index in [1.807, 2.05) is 52.0 Å². The summed E-state index contributed by atoms with van der Waals surface area (Å²) >= 11 is 3.51. The fraction of sp³-hybridized carbons (Fsp3) is 0.500. The second kappa shape index (κ2) is 6.34. The van der Waals surface area contributed by atoms with E-state index in [1.54, 1.807) is 0 Å². The summed E-state index contributed by atoms with van der Waals surface area (Å²) in [5.74, 6) is 0.0152. The van der Waals surface area contributed by atoms with Gasteiger partial charge in [0.2, 0.25) is 5.91 Å². The van der Waals surface area contributed by atoms with Gasteiger partial charge in [0.15, 0.2) is 0 Å². The molecule has 1 amide bonds. The average molecular weight is 313 g/mol. The van der Waals surface area contributed by atoms with Gasteiger partial charge >= 0.3 is 0 Å². The molecule has 0 aliphatic carbocycles. The molecular formula is C14H21BrN2O. The number of rotatable bonds is 4. The number of nitrogens with one attached hydrogen (secondary N) is 2. The van der Waals surface area contributed by atoms with E-state index in [0.717, 1.165) is 10.0 Å². The first-order chi connectivity index (χ1) is 8.29. The summed E-state index contributed by atoms with van der Waals surface area (Å²) in [6.45, 7) is 8.29. The molecule has 3 nitrogen and oxygen atoms in total. The summed E-state index contributed by atoms with van der Waals surface area (Å²) in [4.78, 5) is 11.7. The molecule has 0 saturated carbocycles. The second-order valence-electron chi connectivity index (χ2n) is 5.42. The maximum Gasteiger partial charge on any atom is 0.234 e. The first-order valence-electron chi connectivity index (χ1n) is 6.08. The Kier molecular flexibility index (Phi) is 5.35. The van der Waals surface area contributed by atoms with Crippen molar-refractivity contribution >= 4 is 21.8 Å². The molecule has 0 heterocycles. The van der Waals surface area contributed by atoms with Gasteiger partial charge in [-0.15, -0.1) is 0 Å². The largest absolute Gasteiger partial charge is 0.350 e. The van der Waals surface area contributed by atoms with Crippen LogP contribution in [0.15, 0.2) is 28.7 Å². The van der Waals surface area contributed by atoms with Gasteiger partial charge in [-0.25, -0.2) is 0 Å². The Morgan fingerprint density at radius 3 is 2.50 bits per heavy atom. The van der Waals surface area contributed by atoms with E-state index < -0.39 is 0 Å². The van der Waals surface area contributed by atoms with E-state index in [0.29, 0.717) is 6.54 Å². The van der Waals surface area contributed by atoms with Crippen LogP contribution in [0.3, 0.4) is 0 Å². The van der Waals surface area contributed by atoms with E-state index in [1.165, 1.54) is 0 Å². The minimum Gasteiger partial charge on any atom is -0.350 e. The zero-order valence-electron chi connectivity index (χ0n) is 11.4.